The zero-order chi connectivity index (χ0) is 52.7. The van der Waals surface area contributed by atoms with Crippen molar-refractivity contribution in [2.24, 2.45) is 0 Å². The first-order chi connectivity index (χ1) is 35.2. The Morgan fingerprint density at radius 1 is 0.417 bits per heavy atom. The van der Waals surface area contributed by atoms with Crippen molar-refractivity contribution in [3.05, 3.63) is 97.2 Å². The van der Waals surface area contributed by atoms with Crippen LogP contribution in [0.2, 0.25) is 0 Å². The number of aliphatic hydroxyl groups is 1. The summed E-state index contributed by atoms with van der Waals surface area (Å²) in [5, 5.41) is 9.80. The van der Waals surface area contributed by atoms with Gasteiger partial charge in [-0.05, 0) is 77.0 Å². The third-order valence-corrected chi connectivity index (χ3v) is 12.5. The third kappa shape index (κ3) is 51.3. The summed E-state index contributed by atoms with van der Waals surface area (Å²) in [7, 11) is -4.77. The molecule has 0 bridgehead atoms. The monoisotopic (exact) mass is 1030 g/mol. The predicted molar refractivity (Wildman–Crippen MR) is 297 cm³/mol. The Balaban J connectivity index is 4.84. The van der Waals surface area contributed by atoms with Gasteiger partial charge in [0.15, 0.2) is 6.10 Å². The topological polar surface area (TPSA) is 155 Å². The number of esters is 3. The smallest absolute Gasteiger partial charge is 0.462 e. The Labute approximate surface area is 438 Å². The maximum atomic E-state index is 12.9. The molecule has 12 heteroatoms. The molecule has 0 radical (unpaired) electrons. The number of hydrogen-bond acceptors (Lipinski definition) is 10. The number of carbonyl (C=O) groups excluding carboxylic acids is 3. The van der Waals surface area contributed by atoms with Gasteiger partial charge in [0.2, 0.25) is 0 Å². The molecule has 0 spiro atoms. The number of hydrogen-bond donors (Lipinski definition) is 2. The highest BCUT2D eigenvalue weighted by Crippen LogP contribution is 2.43. The van der Waals surface area contributed by atoms with Gasteiger partial charge in [-0.1, -0.05) is 227 Å². The normalized spacial score (nSPS) is 14.1. The van der Waals surface area contributed by atoms with Gasteiger partial charge in [0.1, 0.15) is 12.7 Å². The van der Waals surface area contributed by atoms with Gasteiger partial charge in [0.25, 0.3) is 0 Å². The van der Waals surface area contributed by atoms with E-state index in [-0.39, 0.29) is 25.9 Å². The zero-order valence-corrected chi connectivity index (χ0v) is 46.3. The van der Waals surface area contributed by atoms with Crippen molar-refractivity contribution in [3.8, 4) is 0 Å². The van der Waals surface area contributed by atoms with Crippen molar-refractivity contribution in [3.63, 3.8) is 0 Å². The van der Waals surface area contributed by atoms with Crippen LogP contribution in [0.3, 0.4) is 0 Å². The lowest BCUT2D eigenvalue weighted by Crippen LogP contribution is -2.30. The molecule has 3 atom stereocenters. The van der Waals surface area contributed by atoms with E-state index in [4.69, 9.17) is 23.3 Å². The lowest BCUT2D eigenvalue weighted by Gasteiger charge is -2.21. The van der Waals surface area contributed by atoms with Crippen molar-refractivity contribution in [1.82, 2.24) is 0 Å². The van der Waals surface area contributed by atoms with E-state index in [0.29, 0.717) is 19.3 Å². The lowest BCUT2D eigenvalue weighted by molar-refractivity contribution is -0.160. The van der Waals surface area contributed by atoms with Gasteiger partial charge >= 0.3 is 25.7 Å². The Bertz CT molecular complexity index is 1580. The van der Waals surface area contributed by atoms with E-state index in [0.717, 1.165) is 96.3 Å². The first-order valence-electron chi connectivity index (χ1n) is 28.1. The van der Waals surface area contributed by atoms with Crippen LogP contribution in [-0.4, -0.2) is 66.5 Å². The van der Waals surface area contributed by atoms with E-state index >= 15 is 0 Å². The lowest BCUT2D eigenvalue weighted by atomic mass is 10.0. The van der Waals surface area contributed by atoms with Crippen molar-refractivity contribution in [2.45, 2.75) is 238 Å². The van der Waals surface area contributed by atoms with Crippen LogP contribution in [-0.2, 0) is 42.2 Å². The van der Waals surface area contributed by atoms with E-state index in [2.05, 4.69) is 93.7 Å². The van der Waals surface area contributed by atoms with Crippen molar-refractivity contribution in [1.29, 1.82) is 0 Å². The maximum absolute atomic E-state index is 12.9. The number of allylic oxidation sites excluding steroid dienone is 15. The number of phosphoric acid groups is 1. The van der Waals surface area contributed by atoms with Gasteiger partial charge < -0.3 is 24.2 Å². The number of phosphoric ester groups is 1. The number of rotatable bonds is 51. The summed E-state index contributed by atoms with van der Waals surface area (Å²) in [6, 6.07) is 0. The fourth-order valence-corrected chi connectivity index (χ4v) is 8.11. The van der Waals surface area contributed by atoms with Gasteiger partial charge in [-0.2, -0.15) is 0 Å². The van der Waals surface area contributed by atoms with Crippen LogP contribution in [0, 0.1) is 0 Å². The van der Waals surface area contributed by atoms with Crippen LogP contribution in [0.5, 0.6) is 0 Å². The van der Waals surface area contributed by atoms with E-state index in [9.17, 15) is 28.9 Å². The molecule has 0 aliphatic carbocycles. The van der Waals surface area contributed by atoms with Crippen LogP contribution in [0.1, 0.15) is 226 Å². The van der Waals surface area contributed by atoms with E-state index in [1.54, 1.807) is 6.08 Å². The molecule has 0 aromatic heterocycles. The molecule has 0 saturated heterocycles. The molecular weight excluding hydrogens is 928 g/mol. The van der Waals surface area contributed by atoms with Gasteiger partial charge in [0.05, 0.1) is 26.2 Å². The Morgan fingerprint density at radius 3 is 1.22 bits per heavy atom. The molecule has 412 valence electrons. The molecule has 0 saturated carbocycles. The molecule has 3 unspecified atom stereocenters. The fraction of sp³-hybridized carbons (Fsp3) is 0.683. The molecule has 0 aliphatic heterocycles. The van der Waals surface area contributed by atoms with E-state index < -0.39 is 57.8 Å². The molecule has 11 nitrogen and oxygen atoms in total. The molecule has 0 fully saturated rings. The SMILES string of the molecule is CC/C=C\C/C=C\C/C=C\C/C=C\C/C=C\CC(=O)OC(COC(=O)CCCCCCCCC/C=C\C/C=C\C/C=C\CC)COP(=O)(O)OCC(CO)OC(=O)CCCCCCCCCCCCCCC. The van der Waals surface area contributed by atoms with E-state index in [1.165, 1.54) is 70.6 Å². The summed E-state index contributed by atoms with van der Waals surface area (Å²) in [6.45, 7) is 4.29. The molecule has 72 heavy (non-hydrogen) atoms. The highest BCUT2D eigenvalue weighted by atomic mass is 31.2. The van der Waals surface area contributed by atoms with Crippen LogP contribution >= 0.6 is 7.82 Å². The number of unbranched alkanes of at least 4 members (excludes halogenated alkanes) is 19. The van der Waals surface area contributed by atoms with Crippen LogP contribution in [0.25, 0.3) is 0 Å². The zero-order valence-electron chi connectivity index (χ0n) is 45.4. The molecule has 0 heterocycles. The van der Waals surface area contributed by atoms with Crippen molar-refractivity contribution in [2.75, 3.05) is 26.4 Å². The molecular formula is C60H101O11P. The maximum Gasteiger partial charge on any atom is 0.472 e. The summed E-state index contributed by atoms with van der Waals surface area (Å²) >= 11 is 0. The van der Waals surface area contributed by atoms with Crippen molar-refractivity contribution < 1.29 is 52.2 Å². The highest BCUT2D eigenvalue weighted by Gasteiger charge is 2.28. The second-order valence-corrected chi connectivity index (χ2v) is 19.8. The summed E-state index contributed by atoms with van der Waals surface area (Å²) in [5.74, 6) is -1.63. The summed E-state index contributed by atoms with van der Waals surface area (Å²) in [5.41, 5.74) is 0. The molecule has 2 N–H and O–H groups in total. The highest BCUT2D eigenvalue weighted by molar-refractivity contribution is 7.47. The average Bonchev–Trinajstić information content (AvgIpc) is 3.37. The molecule has 0 aliphatic rings. The first-order valence-corrected chi connectivity index (χ1v) is 29.6. The summed E-state index contributed by atoms with van der Waals surface area (Å²) in [6.07, 6.45) is 62.5. The predicted octanol–water partition coefficient (Wildman–Crippen LogP) is 16.5. The quantitative estimate of drug-likeness (QED) is 0.0197. The largest absolute Gasteiger partial charge is 0.472 e. The van der Waals surface area contributed by atoms with Gasteiger partial charge in [-0.15, -0.1) is 0 Å². The number of aliphatic hydroxyl groups excluding tert-OH is 1. The number of carbonyl (C=O) groups is 3. The summed E-state index contributed by atoms with van der Waals surface area (Å²) in [4.78, 5) is 48.4. The Morgan fingerprint density at radius 2 is 0.778 bits per heavy atom. The molecule has 0 aromatic carbocycles. The van der Waals surface area contributed by atoms with Gasteiger partial charge in [-0.25, -0.2) is 4.57 Å². The van der Waals surface area contributed by atoms with Gasteiger partial charge in [0, 0.05) is 12.8 Å². The minimum absolute atomic E-state index is 0.0696. The average molecular weight is 1030 g/mol. The van der Waals surface area contributed by atoms with Crippen LogP contribution < -0.4 is 0 Å². The Kier molecular flexibility index (Phi) is 51.0. The Hall–Kier alpha value is -3.60. The molecule has 0 rings (SSSR count). The second-order valence-electron chi connectivity index (χ2n) is 18.4. The van der Waals surface area contributed by atoms with Crippen LogP contribution in [0.4, 0.5) is 0 Å². The summed E-state index contributed by atoms with van der Waals surface area (Å²) < 4.78 is 39.3. The minimum Gasteiger partial charge on any atom is -0.462 e. The fourth-order valence-electron chi connectivity index (χ4n) is 7.33. The van der Waals surface area contributed by atoms with Crippen molar-refractivity contribution >= 4 is 25.7 Å². The first kappa shape index (κ1) is 68.4. The standard InChI is InChI=1S/C60H101O11P/c1-4-7-10-13-16-19-22-25-27-28-30-32-34-37-40-43-46-49-58(62)67-53-57(71-60(64)51-48-45-42-39-36-33-29-26-23-20-17-14-11-8-5-2)55-69-72(65,66)68-54-56(52-61)70-59(63)50-47-44-41-38-35-31-24-21-18-15-12-9-6-3/h7-8,10-11,16-17,19-20,25-27,29,36,39,45,48,56-57,61H,4-6,9,12-15,18,21-24,28,30-35,37-38,40-44,46-47,49-55H2,1-3H3,(H,65,66)/b10-7-,11-8-,19-16-,20-17-,27-25-,29-26-,39-36-,48-45-. The molecule has 0 amide bonds. The second kappa shape index (κ2) is 53.7. The number of ether oxygens (including phenoxy) is 3. The molecule has 0 aromatic rings. The van der Waals surface area contributed by atoms with E-state index in [1.807, 2.05) is 18.2 Å². The third-order valence-electron chi connectivity index (χ3n) is 11.5. The van der Waals surface area contributed by atoms with Gasteiger partial charge in [-0.3, -0.25) is 23.4 Å². The van der Waals surface area contributed by atoms with Crippen LogP contribution in [0.15, 0.2) is 97.2 Å². The minimum atomic E-state index is -4.77.